The highest BCUT2D eigenvalue weighted by molar-refractivity contribution is 5.38. The number of hydrogen-bond acceptors (Lipinski definition) is 3. The van der Waals surface area contributed by atoms with Crippen LogP contribution in [-0.4, -0.2) is 30.2 Å². The second-order valence-electron chi connectivity index (χ2n) is 3.71. The van der Waals surface area contributed by atoms with E-state index in [2.05, 4.69) is 4.90 Å². The molecule has 1 rings (SSSR count). The zero-order valence-corrected chi connectivity index (χ0v) is 7.88. The zero-order chi connectivity index (χ0) is 9.03. The summed E-state index contributed by atoms with van der Waals surface area (Å²) < 4.78 is 5.01. The minimum atomic E-state index is -0.415. The third kappa shape index (κ3) is 2.21. The molecule has 1 fully saturated rings. The van der Waals surface area contributed by atoms with Crippen LogP contribution in [0, 0.1) is 0 Å². The predicted octanol–water partition coefficient (Wildman–Crippen LogP) is 1.38. The normalized spacial score (nSPS) is 20.5. The van der Waals surface area contributed by atoms with Gasteiger partial charge in [0.05, 0.1) is 0 Å². The van der Waals surface area contributed by atoms with Gasteiger partial charge in [-0.05, 0) is 26.7 Å². The van der Waals surface area contributed by atoms with Crippen molar-refractivity contribution in [2.45, 2.75) is 38.8 Å². The largest absolute Gasteiger partial charge is 0.446 e. The zero-order valence-electron chi connectivity index (χ0n) is 7.88. The molecule has 1 saturated heterocycles. The molecule has 1 heterocycles. The Labute approximate surface area is 73.7 Å². The molecule has 0 aromatic carbocycles. The van der Waals surface area contributed by atoms with Gasteiger partial charge in [0.2, 0.25) is 0 Å². The summed E-state index contributed by atoms with van der Waals surface area (Å²) in [5, 5.41) is 0. The van der Waals surface area contributed by atoms with Gasteiger partial charge < -0.3 is 4.74 Å². The summed E-state index contributed by atoms with van der Waals surface area (Å²) in [6.07, 6.45) is 3.73. The van der Waals surface area contributed by atoms with Crippen molar-refractivity contribution in [3.05, 3.63) is 0 Å². The van der Waals surface area contributed by atoms with Crippen molar-refractivity contribution >= 4 is 6.47 Å². The number of rotatable bonds is 3. The molecule has 0 atom stereocenters. The monoisotopic (exact) mass is 171 g/mol. The molecule has 1 aliphatic rings. The molecular formula is C9H17NO2. The van der Waals surface area contributed by atoms with Crippen molar-refractivity contribution in [1.29, 1.82) is 0 Å². The van der Waals surface area contributed by atoms with Crippen molar-refractivity contribution < 1.29 is 9.53 Å². The second-order valence-corrected chi connectivity index (χ2v) is 3.71. The first-order valence-corrected chi connectivity index (χ1v) is 4.53. The maximum atomic E-state index is 10.2. The van der Waals surface area contributed by atoms with Crippen molar-refractivity contribution in [2.75, 3.05) is 13.1 Å². The van der Waals surface area contributed by atoms with Crippen LogP contribution in [0.3, 0.4) is 0 Å². The van der Waals surface area contributed by atoms with Gasteiger partial charge in [-0.1, -0.05) is 6.42 Å². The Bertz CT molecular complexity index is 151. The SMILES string of the molecule is CC(C)(OC=O)N1CCCCC1. The van der Waals surface area contributed by atoms with E-state index in [1.807, 2.05) is 13.8 Å². The Balaban J connectivity index is 2.47. The Morgan fingerprint density at radius 3 is 2.33 bits per heavy atom. The quantitative estimate of drug-likeness (QED) is 0.601. The molecule has 0 aromatic heterocycles. The van der Waals surface area contributed by atoms with Gasteiger partial charge in [-0.3, -0.25) is 9.69 Å². The smallest absolute Gasteiger partial charge is 0.294 e. The van der Waals surface area contributed by atoms with Crippen LogP contribution in [0.25, 0.3) is 0 Å². The van der Waals surface area contributed by atoms with E-state index in [0.29, 0.717) is 6.47 Å². The number of nitrogens with zero attached hydrogens (tertiary/aromatic N) is 1. The van der Waals surface area contributed by atoms with Crippen molar-refractivity contribution in [2.24, 2.45) is 0 Å². The summed E-state index contributed by atoms with van der Waals surface area (Å²) in [6, 6.07) is 0. The molecule has 70 valence electrons. The standard InChI is InChI=1S/C9H17NO2/c1-9(2,12-8-11)10-6-4-3-5-7-10/h8H,3-7H2,1-2H3. The molecule has 0 unspecified atom stereocenters. The molecule has 1 aliphatic heterocycles. The number of hydrogen-bond donors (Lipinski definition) is 0. The van der Waals surface area contributed by atoms with Gasteiger partial charge in [0.25, 0.3) is 6.47 Å². The van der Waals surface area contributed by atoms with Gasteiger partial charge in [-0.15, -0.1) is 0 Å². The summed E-state index contributed by atoms with van der Waals surface area (Å²) in [6.45, 7) is 6.50. The lowest BCUT2D eigenvalue weighted by molar-refractivity contribution is -0.163. The highest BCUT2D eigenvalue weighted by atomic mass is 16.6. The molecule has 0 N–H and O–H groups in total. The molecule has 3 heteroatoms. The Hall–Kier alpha value is -0.570. The number of carbonyl (C=O) groups excluding carboxylic acids is 1. The predicted molar refractivity (Wildman–Crippen MR) is 46.7 cm³/mol. The fraction of sp³-hybridized carbons (Fsp3) is 0.889. The number of likely N-dealkylation sites (tertiary alicyclic amines) is 1. The van der Waals surface area contributed by atoms with E-state index in [9.17, 15) is 4.79 Å². The third-order valence-corrected chi connectivity index (χ3v) is 2.45. The summed E-state index contributed by atoms with van der Waals surface area (Å²) in [7, 11) is 0. The summed E-state index contributed by atoms with van der Waals surface area (Å²) >= 11 is 0. The van der Waals surface area contributed by atoms with E-state index < -0.39 is 5.72 Å². The van der Waals surface area contributed by atoms with Gasteiger partial charge in [-0.2, -0.15) is 0 Å². The highest BCUT2D eigenvalue weighted by Gasteiger charge is 2.28. The topological polar surface area (TPSA) is 29.5 Å². The van der Waals surface area contributed by atoms with Crippen LogP contribution in [0.2, 0.25) is 0 Å². The van der Waals surface area contributed by atoms with Gasteiger partial charge in [0.15, 0.2) is 5.72 Å². The number of carbonyl (C=O) groups is 1. The molecule has 0 radical (unpaired) electrons. The fourth-order valence-electron chi connectivity index (χ4n) is 1.62. The molecule has 12 heavy (non-hydrogen) atoms. The average Bonchev–Trinajstić information content (AvgIpc) is 2.06. The Morgan fingerprint density at radius 2 is 1.83 bits per heavy atom. The van der Waals surface area contributed by atoms with Crippen LogP contribution >= 0.6 is 0 Å². The molecule has 0 amide bonds. The van der Waals surface area contributed by atoms with E-state index in [0.717, 1.165) is 13.1 Å². The fourth-order valence-corrected chi connectivity index (χ4v) is 1.62. The Morgan fingerprint density at radius 1 is 1.25 bits per heavy atom. The minimum Gasteiger partial charge on any atom is -0.446 e. The lowest BCUT2D eigenvalue weighted by Gasteiger charge is -2.38. The van der Waals surface area contributed by atoms with Crippen LogP contribution in [0.4, 0.5) is 0 Å². The van der Waals surface area contributed by atoms with Crippen LogP contribution in [0.15, 0.2) is 0 Å². The number of piperidine rings is 1. The molecule has 0 bridgehead atoms. The van der Waals surface area contributed by atoms with E-state index in [1.54, 1.807) is 0 Å². The lowest BCUT2D eigenvalue weighted by Crippen LogP contribution is -2.48. The van der Waals surface area contributed by atoms with E-state index >= 15 is 0 Å². The minimum absolute atomic E-state index is 0.415. The van der Waals surface area contributed by atoms with Gasteiger partial charge in [0.1, 0.15) is 0 Å². The van der Waals surface area contributed by atoms with Crippen LogP contribution in [-0.2, 0) is 9.53 Å². The molecule has 0 spiro atoms. The first kappa shape index (κ1) is 9.52. The first-order chi connectivity index (χ1) is 5.67. The van der Waals surface area contributed by atoms with E-state index in [4.69, 9.17) is 4.74 Å². The summed E-state index contributed by atoms with van der Waals surface area (Å²) in [5.74, 6) is 0. The van der Waals surface area contributed by atoms with Crippen molar-refractivity contribution in [3.63, 3.8) is 0 Å². The van der Waals surface area contributed by atoms with Crippen LogP contribution in [0.1, 0.15) is 33.1 Å². The second kappa shape index (κ2) is 3.90. The highest BCUT2D eigenvalue weighted by Crippen LogP contribution is 2.20. The molecule has 3 nitrogen and oxygen atoms in total. The van der Waals surface area contributed by atoms with Gasteiger partial charge in [0, 0.05) is 13.1 Å². The van der Waals surface area contributed by atoms with E-state index in [1.165, 1.54) is 19.3 Å². The van der Waals surface area contributed by atoms with Crippen LogP contribution in [0.5, 0.6) is 0 Å². The molecular weight excluding hydrogens is 154 g/mol. The summed E-state index contributed by atoms with van der Waals surface area (Å²) in [4.78, 5) is 12.4. The maximum Gasteiger partial charge on any atom is 0.294 e. The molecule has 0 saturated carbocycles. The van der Waals surface area contributed by atoms with Crippen LogP contribution < -0.4 is 0 Å². The molecule has 0 aliphatic carbocycles. The van der Waals surface area contributed by atoms with Gasteiger partial charge in [-0.25, -0.2) is 0 Å². The van der Waals surface area contributed by atoms with E-state index in [-0.39, 0.29) is 0 Å². The van der Waals surface area contributed by atoms with Crippen molar-refractivity contribution in [1.82, 2.24) is 4.90 Å². The van der Waals surface area contributed by atoms with Crippen molar-refractivity contribution in [3.8, 4) is 0 Å². The summed E-state index contributed by atoms with van der Waals surface area (Å²) in [5.41, 5.74) is -0.415. The first-order valence-electron chi connectivity index (χ1n) is 4.53. The molecule has 0 aromatic rings. The number of ether oxygens (including phenoxy) is 1. The lowest BCUT2D eigenvalue weighted by atomic mass is 10.1. The Kier molecular flexibility index (Phi) is 3.09. The van der Waals surface area contributed by atoms with Gasteiger partial charge >= 0.3 is 0 Å². The third-order valence-electron chi connectivity index (χ3n) is 2.45. The maximum absolute atomic E-state index is 10.2. The average molecular weight is 171 g/mol.